The molecule has 1 atom stereocenters. The maximum atomic E-state index is 5.36. The van der Waals surface area contributed by atoms with E-state index in [0.29, 0.717) is 5.11 Å². The Labute approximate surface area is 136 Å². The van der Waals surface area contributed by atoms with Gasteiger partial charge in [-0.1, -0.05) is 42.5 Å². The van der Waals surface area contributed by atoms with Crippen LogP contribution in [0.5, 0.6) is 0 Å². The van der Waals surface area contributed by atoms with E-state index in [9.17, 15) is 0 Å². The van der Waals surface area contributed by atoms with E-state index in [4.69, 9.17) is 12.2 Å². The largest absolute Gasteiger partial charge is 0.378 e. The maximum absolute atomic E-state index is 5.36. The second-order valence-electron chi connectivity index (χ2n) is 5.51. The van der Waals surface area contributed by atoms with Gasteiger partial charge < -0.3 is 15.5 Å². The van der Waals surface area contributed by atoms with E-state index in [0.717, 1.165) is 11.3 Å². The number of anilines is 1. The van der Waals surface area contributed by atoms with Gasteiger partial charge in [-0.15, -0.1) is 0 Å². The van der Waals surface area contributed by atoms with E-state index in [1.807, 2.05) is 32.3 Å². The summed E-state index contributed by atoms with van der Waals surface area (Å²) in [5.74, 6) is 0. The zero-order chi connectivity index (χ0) is 15.5. The molecule has 0 saturated carbocycles. The fraction of sp³-hybridized carbons (Fsp3) is 0.167. The molecule has 2 aromatic rings. The highest BCUT2D eigenvalue weighted by Crippen LogP contribution is 2.24. The standard InChI is InChI=1S/C18H19N3S/c1-21(2)15-10-8-14(9-11-15)17-12-16(19-18(22)20-17)13-6-4-3-5-7-13/h3-12,17H,1-2H3,(H2,19,20,22)/t17-/m1/s1. The van der Waals surface area contributed by atoms with E-state index in [-0.39, 0.29) is 6.04 Å². The van der Waals surface area contributed by atoms with Gasteiger partial charge in [0, 0.05) is 25.5 Å². The van der Waals surface area contributed by atoms with Crippen molar-refractivity contribution in [3.05, 3.63) is 71.8 Å². The number of thiocarbonyl (C=S) groups is 1. The number of hydrogen-bond acceptors (Lipinski definition) is 2. The summed E-state index contributed by atoms with van der Waals surface area (Å²) in [5.41, 5.74) is 4.57. The van der Waals surface area contributed by atoms with Crippen LogP contribution in [0.2, 0.25) is 0 Å². The van der Waals surface area contributed by atoms with Gasteiger partial charge in [-0.2, -0.15) is 0 Å². The summed E-state index contributed by atoms with van der Waals surface area (Å²) in [5, 5.41) is 7.20. The molecule has 1 aliphatic rings. The molecule has 3 nitrogen and oxygen atoms in total. The van der Waals surface area contributed by atoms with Crippen LogP contribution in [-0.4, -0.2) is 19.2 Å². The van der Waals surface area contributed by atoms with Gasteiger partial charge in [-0.25, -0.2) is 0 Å². The molecule has 4 heteroatoms. The fourth-order valence-electron chi connectivity index (χ4n) is 2.50. The Bertz CT molecular complexity index is 690. The van der Waals surface area contributed by atoms with Crippen LogP contribution in [0.3, 0.4) is 0 Å². The lowest BCUT2D eigenvalue weighted by Gasteiger charge is -2.26. The van der Waals surface area contributed by atoms with Crippen LogP contribution in [0.4, 0.5) is 5.69 Å². The molecule has 3 rings (SSSR count). The minimum Gasteiger partial charge on any atom is -0.378 e. The molecule has 0 spiro atoms. The third kappa shape index (κ3) is 3.12. The predicted molar refractivity (Wildman–Crippen MR) is 96.8 cm³/mol. The highest BCUT2D eigenvalue weighted by molar-refractivity contribution is 7.80. The minimum atomic E-state index is 0.0835. The van der Waals surface area contributed by atoms with Crippen LogP contribution in [0.1, 0.15) is 17.2 Å². The van der Waals surface area contributed by atoms with Crippen LogP contribution in [0, 0.1) is 0 Å². The molecule has 0 aromatic heterocycles. The van der Waals surface area contributed by atoms with E-state index in [1.165, 1.54) is 11.3 Å². The molecule has 1 aliphatic heterocycles. The molecular formula is C18H19N3S. The summed E-state index contributed by atoms with van der Waals surface area (Å²) in [6.07, 6.45) is 2.18. The van der Waals surface area contributed by atoms with E-state index in [1.54, 1.807) is 0 Å². The predicted octanol–water partition coefficient (Wildman–Crippen LogP) is 3.31. The van der Waals surface area contributed by atoms with Gasteiger partial charge in [0.1, 0.15) is 0 Å². The second-order valence-corrected chi connectivity index (χ2v) is 5.92. The SMILES string of the molecule is CN(C)c1ccc([C@H]2C=C(c3ccccc3)NC(=S)N2)cc1. The van der Waals surface area contributed by atoms with Crippen molar-refractivity contribution >= 4 is 28.7 Å². The molecule has 0 aliphatic carbocycles. The number of hydrogen-bond donors (Lipinski definition) is 2. The molecule has 0 amide bonds. The first-order valence-corrected chi connectivity index (χ1v) is 7.66. The zero-order valence-electron chi connectivity index (χ0n) is 12.7. The topological polar surface area (TPSA) is 27.3 Å². The zero-order valence-corrected chi connectivity index (χ0v) is 13.5. The average Bonchev–Trinajstić information content (AvgIpc) is 2.55. The Kier molecular flexibility index (Phi) is 4.11. The van der Waals surface area contributed by atoms with Crippen molar-refractivity contribution in [2.24, 2.45) is 0 Å². The summed E-state index contributed by atoms with van der Waals surface area (Å²) in [4.78, 5) is 2.09. The first-order valence-electron chi connectivity index (χ1n) is 7.25. The Morgan fingerprint density at radius 1 is 0.955 bits per heavy atom. The monoisotopic (exact) mass is 309 g/mol. The molecule has 0 saturated heterocycles. The Morgan fingerprint density at radius 3 is 2.27 bits per heavy atom. The quantitative estimate of drug-likeness (QED) is 0.851. The smallest absolute Gasteiger partial charge is 0.171 e. The van der Waals surface area contributed by atoms with Crippen molar-refractivity contribution in [2.45, 2.75) is 6.04 Å². The molecule has 22 heavy (non-hydrogen) atoms. The van der Waals surface area contributed by atoms with Gasteiger partial charge >= 0.3 is 0 Å². The first-order chi connectivity index (χ1) is 10.6. The van der Waals surface area contributed by atoms with Crippen molar-refractivity contribution in [3.63, 3.8) is 0 Å². The summed E-state index contributed by atoms with van der Waals surface area (Å²) < 4.78 is 0. The Balaban J connectivity index is 1.91. The summed E-state index contributed by atoms with van der Waals surface area (Å²) in [6, 6.07) is 18.9. The molecule has 2 N–H and O–H groups in total. The normalized spacial score (nSPS) is 17.3. The fourth-order valence-corrected chi connectivity index (χ4v) is 2.73. The molecule has 2 aromatic carbocycles. The van der Waals surface area contributed by atoms with Gasteiger partial charge in [0.2, 0.25) is 0 Å². The molecule has 1 heterocycles. The lowest BCUT2D eigenvalue weighted by molar-refractivity contribution is 0.765. The summed E-state index contributed by atoms with van der Waals surface area (Å²) in [6.45, 7) is 0. The van der Waals surface area contributed by atoms with Crippen LogP contribution in [-0.2, 0) is 0 Å². The lowest BCUT2D eigenvalue weighted by atomic mass is 10.0. The van der Waals surface area contributed by atoms with Crippen LogP contribution in [0.25, 0.3) is 5.70 Å². The van der Waals surface area contributed by atoms with Crippen LogP contribution in [0.15, 0.2) is 60.7 Å². The summed E-state index contributed by atoms with van der Waals surface area (Å²) >= 11 is 5.36. The highest BCUT2D eigenvalue weighted by Gasteiger charge is 2.18. The van der Waals surface area contributed by atoms with Gasteiger partial charge in [0.25, 0.3) is 0 Å². The van der Waals surface area contributed by atoms with E-state index < -0.39 is 0 Å². The molecule has 0 fully saturated rings. The highest BCUT2D eigenvalue weighted by atomic mass is 32.1. The molecule has 0 radical (unpaired) electrons. The third-order valence-corrected chi connectivity index (χ3v) is 3.94. The molecule has 0 unspecified atom stereocenters. The maximum Gasteiger partial charge on any atom is 0.171 e. The van der Waals surface area contributed by atoms with E-state index >= 15 is 0 Å². The van der Waals surface area contributed by atoms with E-state index in [2.05, 4.69) is 58.0 Å². The molecule has 0 bridgehead atoms. The summed E-state index contributed by atoms with van der Waals surface area (Å²) in [7, 11) is 4.08. The number of nitrogens with one attached hydrogen (secondary N) is 2. The van der Waals surface area contributed by atoms with Crippen LogP contribution >= 0.6 is 12.2 Å². The molecule has 112 valence electrons. The van der Waals surface area contributed by atoms with Crippen molar-refractivity contribution in [1.29, 1.82) is 0 Å². The van der Waals surface area contributed by atoms with Crippen molar-refractivity contribution in [3.8, 4) is 0 Å². The second kappa shape index (κ2) is 6.20. The van der Waals surface area contributed by atoms with Gasteiger partial charge in [-0.05, 0) is 41.6 Å². The van der Waals surface area contributed by atoms with Crippen molar-refractivity contribution in [2.75, 3.05) is 19.0 Å². The number of benzene rings is 2. The lowest BCUT2D eigenvalue weighted by Crippen LogP contribution is -2.40. The molecular weight excluding hydrogens is 290 g/mol. The third-order valence-electron chi connectivity index (χ3n) is 3.72. The van der Waals surface area contributed by atoms with Crippen molar-refractivity contribution in [1.82, 2.24) is 10.6 Å². The van der Waals surface area contributed by atoms with Gasteiger partial charge in [0.05, 0.1) is 6.04 Å². The van der Waals surface area contributed by atoms with Crippen LogP contribution < -0.4 is 15.5 Å². The number of rotatable bonds is 3. The number of nitrogens with zero attached hydrogens (tertiary/aromatic N) is 1. The Hall–Kier alpha value is -2.33. The average molecular weight is 309 g/mol. The van der Waals surface area contributed by atoms with Gasteiger partial charge in [-0.3, -0.25) is 0 Å². The van der Waals surface area contributed by atoms with Crippen molar-refractivity contribution < 1.29 is 0 Å². The Morgan fingerprint density at radius 2 is 1.64 bits per heavy atom. The van der Waals surface area contributed by atoms with Gasteiger partial charge in [0.15, 0.2) is 5.11 Å². The first kappa shape index (κ1) is 14.6. The minimum absolute atomic E-state index is 0.0835.